The van der Waals surface area contributed by atoms with Gasteiger partial charge in [0.2, 0.25) is 0 Å². The summed E-state index contributed by atoms with van der Waals surface area (Å²) in [5.74, 6) is -0.132. The van der Waals surface area contributed by atoms with E-state index < -0.39 is 0 Å². The Morgan fingerprint density at radius 1 is 0.926 bits per heavy atom. The number of carbonyl (C=O) groups is 1. The van der Waals surface area contributed by atoms with Crippen molar-refractivity contribution in [3.63, 3.8) is 0 Å². The monoisotopic (exact) mass is 464 g/mol. The lowest BCUT2D eigenvalue weighted by Crippen LogP contribution is -2.14. The number of nitrogens with zero attached hydrogens (tertiary/aromatic N) is 1. The summed E-state index contributed by atoms with van der Waals surface area (Å²) in [6.45, 7) is 2.05. The number of aryl methyl sites for hydroxylation is 1. The molecule has 0 aliphatic heterocycles. The van der Waals surface area contributed by atoms with Crippen LogP contribution < -0.4 is 5.32 Å². The number of hydrogen-bond donors (Lipinski definition) is 1. The van der Waals surface area contributed by atoms with Crippen molar-refractivity contribution in [1.29, 1.82) is 0 Å². The highest BCUT2D eigenvalue weighted by Gasteiger charge is 2.15. The number of rotatable bonds is 3. The van der Waals surface area contributed by atoms with Gasteiger partial charge in [0.1, 0.15) is 0 Å². The van der Waals surface area contributed by atoms with Crippen LogP contribution in [0.2, 0.25) is 0 Å². The van der Waals surface area contributed by atoms with E-state index in [1.54, 1.807) is 0 Å². The van der Waals surface area contributed by atoms with Crippen LogP contribution in [0.4, 0.5) is 5.69 Å². The molecular formula is C23H17IN2O. The third-order valence-electron chi connectivity index (χ3n) is 4.50. The van der Waals surface area contributed by atoms with Crippen LogP contribution in [0, 0.1) is 10.5 Å². The van der Waals surface area contributed by atoms with Gasteiger partial charge in [0, 0.05) is 14.5 Å². The molecule has 0 radical (unpaired) electrons. The van der Waals surface area contributed by atoms with Crippen LogP contribution in [-0.4, -0.2) is 10.9 Å². The van der Waals surface area contributed by atoms with E-state index in [1.165, 1.54) is 0 Å². The highest BCUT2D eigenvalue weighted by molar-refractivity contribution is 14.1. The summed E-state index contributed by atoms with van der Waals surface area (Å²) in [6, 6.07) is 25.5. The molecule has 1 N–H and O–H groups in total. The molecule has 0 spiro atoms. The molecule has 3 nitrogen and oxygen atoms in total. The largest absolute Gasteiger partial charge is 0.321 e. The minimum Gasteiger partial charge on any atom is -0.321 e. The van der Waals surface area contributed by atoms with Gasteiger partial charge < -0.3 is 5.32 Å². The number of amides is 1. The highest BCUT2D eigenvalue weighted by atomic mass is 127. The Balaban J connectivity index is 1.85. The van der Waals surface area contributed by atoms with Crippen LogP contribution in [0.25, 0.3) is 22.2 Å². The molecule has 0 saturated carbocycles. The first-order chi connectivity index (χ1) is 13.1. The van der Waals surface area contributed by atoms with E-state index in [9.17, 15) is 4.79 Å². The molecule has 3 aromatic carbocycles. The summed E-state index contributed by atoms with van der Waals surface area (Å²) in [5, 5.41) is 3.88. The van der Waals surface area contributed by atoms with Crippen molar-refractivity contribution in [2.45, 2.75) is 6.92 Å². The fourth-order valence-electron chi connectivity index (χ4n) is 3.11. The maximum Gasteiger partial charge on any atom is 0.256 e. The van der Waals surface area contributed by atoms with Crippen molar-refractivity contribution in [2.75, 3.05) is 5.32 Å². The Bertz CT molecular complexity index is 1150. The highest BCUT2D eigenvalue weighted by Crippen LogP contribution is 2.28. The number of aromatic nitrogens is 1. The number of pyridine rings is 1. The molecule has 0 bridgehead atoms. The lowest BCUT2D eigenvalue weighted by Gasteiger charge is -2.12. The average Bonchev–Trinajstić information content (AvgIpc) is 2.69. The van der Waals surface area contributed by atoms with Crippen LogP contribution in [0.1, 0.15) is 15.9 Å². The molecule has 1 heterocycles. The summed E-state index contributed by atoms with van der Waals surface area (Å²) >= 11 is 2.22. The second-order valence-electron chi connectivity index (χ2n) is 6.32. The van der Waals surface area contributed by atoms with Crippen LogP contribution in [0.5, 0.6) is 0 Å². The van der Waals surface area contributed by atoms with Gasteiger partial charge in [0.15, 0.2) is 0 Å². The molecule has 1 aromatic heterocycles. The zero-order valence-electron chi connectivity index (χ0n) is 14.7. The average molecular weight is 464 g/mol. The molecule has 0 aliphatic rings. The molecular weight excluding hydrogens is 447 g/mol. The van der Waals surface area contributed by atoms with Gasteiger partial charge in [-0.15, -0.1) is 0 Å². The minimum absolute atomic E-state index is 0.132. The van der Waals surface area contributed by atoms with Crippen LogP contribution in [0.3, 0.4) is 0 Å². The molecule has 0 fully saturated rings. The topological polar surface area (TPSA) is 42.0 Å². The van der Waals surface area contributed by atoms with Crippen LogP contribution in [-0.2, 0) is 0 Å². The van der Waals surface area contributed by atoms with Crippen molar-refractivity contribution in [2.24, 2.45) is 0 Å². The van der Waals surface area contributed by atoms with E-state index in [0.717, 1.165) is 37.0 Å². The first-order valence-electron chi connectivity index (χ1n) is 8.65. The Hall–Kier alpha value is -2.73. The molecule has 0 atom stereocenters. The van der Waals surface area contributed by atoms with E-state index in [0.29, 0.717) is 5.56 Å². The number of carbonyl (C=O) groups excluding carboxylic acids is 1. The van der Waals surface area contributed by atoms with Gasteiger partial charge in [-0.2, -0.15) is 0 Å². The quantitative estimate of drug-likeness (QED) is 0.374. The molecule has 4 aromatic rings. The molecule has 4 heteroatoms. The van der Waals surface area contributed by atoms with Crippen molar-refractivity contribution in [1.82, 2.24) is 4.98 Å². The maximum atomic E-state index is 13.1. The first-order valence-corrected chi connectivity index (χ1v) is 9.73. The number of benzene rings is 3. The fourth-order valence-corrected chi connectivity index (χ4v) is 3.64. The molecule has 0 aliphatic carbocycles. The van der Waals surface area contributed by atoms with Crippen molar-refractivity contribution < 1.29 is 4.79 Å². The Morgan fingerprint density at radius 2 is 1.63 bits per heavy atom. The van der Waals surface area contributed by atoms with E-state index in [1.807, 2.05) is 72.8 Å². The Kier molecular flexibility index (Phi) is 4.90. The zero-order valence-corrected chi connectivity index (χ0v) is 16.9. The van der Waals surface area contributed by atoms with E-state index in [-0.39, 0.29) is 5.91 Å². The van der Waals surface area contributed by atoms with Crippen LogP contribution in [0.15, 0.2) is 78.9 Å². The van der Waals surface area contributed by atoms with E-state index in [2.05, 4.69) is 40.9 Å². The molecule has 1 amide bonds. The Labute approximate surface area is 171 Å². The van der Waals surface area contributed by atoms with Gasteiger partial charge in [-0.25, -0.2) is 4.98 Å². The molecule has 4 rings (SSSR count). The first kappa shape index (κ1) is 17.7. The summed E-state index contributed by atoms with van der Waals surface area (Å²) in [5.41, 5.74) is 5.21. The SMILES string of the molecule is Cc1ccccc1-c1cc(C(=O)Nc2ccccc2I)c2ccccc2n1. The number of hydrogen-bond acceptors (Lipinski definition) is 2. The molecule has 27 heavy (non-hydrogen) atoms. The smallest absolute Gasteiger partial charge is 0.256 e. The number of para-hydroxylation sites is 2. The normalized spacial score (nSPS) is 10.7. The van der Waals surface area contributed by atoms with Crippen molar-refractivity contribution in [3.8, 4) is 11.3 Å². The van der Waals surface area contributed by atoms with Gasteiger partial charge in [-0.1, -0.05) is 54.6 Å². The van der Waals surface area contributed by atoms with Gasteiger partial charge in [-0.3, -0.25) is 4.79 Å². The van der Waals surface area contributed by atoms with Gasteiger partial charge in [-0.05, 0) is 59.3 Å². The number of fused-ring (bicyclic) bond motifs is 1. The zero-order chi connectivity index (χ0) is 18.8. The van der Waals surface area contributed by atoms with Gasteiger partial charge in [0.05, 0.1) is 22.5 Å². The van der Waals surface area contributed by atoms with Gasteiger partial charge >= 0.3 is 0 Å². The van der Waals surface area contributed by atoms with Crippen LogP contribution >= 0.6 is 22.6 Å². The van der Waals surface area contributed by atoms with Crippen molar-refractivity contribution >= 4 is 45.1 Å². The second-order valence-corrected chi connectivity index (χ2v) is 7.48. The summed E-state index contributed by atoms with van der Waals surface area (Å²) in [6.07, 6.45) is 0. The minimum atomic E-state index is -0.132. The second kappa shape index (κ2) is 7.48. The molecule has 0 saturated heterocycles. The third kappa shape index (κ3) is 3.57. The summed E-state index contributed by atoms with van der Waals surface area (Å²) in [7, 11) is 0. The molecule has 0 unspecified atom stereocenters. The van der Waals surface area contributed by atoms with E-state index in [4.69, 9.17) is 4.98 Å². The Morgan fingerprint density at radius 3 is 2.44 bits per heavy atom. The lowest BCUT2D eigenvalue weighted by molar-refractivity contribution is 0.102. The summed E-state index contributed by atoms with van der Waals surface area (Å²) in [4.78, 5) is 17.9. The van der Waals surface area contributed by atoms with Gasteiger partial charge in [0.25, 0.3) is 5.91 Å². The number of halogens is 1. The van der Waals surface area contributed by atoms with E-state index >= 15 is 0 Å². The molecule has 132 valence electrons. The lowest BCUT2D eigenvalue weighted by atomic mass is 10.0. The summed E-state index contributed by atoms with van der Waals surface area (Å²) < 4.78 is 1.00. The van der Waals surface area contributed by atoms with Crippen molar-refractivity contribution in [3.05, 3.63) is 93.6 Å². The standard InChI is InChI=1S/C23H17IN2O/c1-15-8-2-3-9-16(15)22-14-18(17-10-4-6-12-20(17)25-22)23(27)26-21-13-7-5-11-19(21)24/h2-14H,1H3,(H,26,27). The fraction of sp³-hybridized carbons (Fsp3) is 0.0435. The third-order valence-corrected chi connectivity index (χ3v) is 5.44. The number of anilines is 1. The predicted molar refractivity (Wildman–Crippen MR) is 119 cm³/mol. The number of nitrogens with one attached hydrogen (secondary N) is 1. The maximum absolute atomic E-state index is 13.1. The predicted octanol–water partition coefficient (Wildman–Crippen LogP) is 6.07.